The summed E-state index contributed by atoms with van der Waals surface area (Å²) in [6, 6.07) is 10.8. The number of nitrogens with one attached hydrogen (secondary N) is 1. The van der Waals surface area contributed by atoms with Crippen LogP contribution in [0.25, 0.3) is 21.8 Å². The molecule has 0 atom stereocenters. The molecule has 1 heterocycles. The lowest BCUT2D eigenvalue weighted by molar-refractivity contribution is 0.0697. The highest BCUT2D eigenvalue weighted by Crippen LogP contribution is 2.29. The van der Waals surface area contributed by atoms with Gasteiger partial charge in [-0.25, -0.2) is 4.79 Å². The average molecular weight is 241 g/mol. The van der Waals surface area contributed by atoms with Crippen LogP contribution in [0, 0.1) is 0 Å². The van der Waals surface area contributed by atoms with Crippen molar-refractivity contribution < 1.29 is 14.6 Å². The van der Waals surface area contributed by atoms with Gasteiger partial charge in [0.25, 0.3) is 0 Å². The van der Waals surface area contributed by atoms with Gasteiger partial charge in [0.1, 0.15) is 5.75 Å². The first kappa shape index (κ1) is 10.7. The van der Waals surface area contributed by atoms with E-state index in [9.17, 15) is 4.79 Å². The highest BCUT2D eigenvalue weighted by molar-refractivity contribution is 6.09. The van der Waals surface area contributed by atoms with Crippen molar-refractivity contribution in [2.75, 3.05) is 7.11 Å². The lowest BCUT2D eigenvalue weighted by Crippen LogP contribution is -1.94. The Morgan fingerprint density at radius 3 is 2.44 bits per heavy atom. The van der Waals surface area contributed by atoms with Crippen LogP contribution >= 0.6 is 0 Å². The number of hydrogen-bond donors (Lipinski definition) is 2. The summed E-state index contributed by atoms with van der Waals surface area (Å²) in [5.41, 5.74) is 2.17. The van der Waals surface area contributed by atoms with Crippen molar-refractivity contribution in [3.8, 4) is 5.75 Å². The van der Waals surface area contributed by atoms with Crippen LogP contribution in [0.2, 0.25) is 0 Å². The minimum atomic E-state index is -0.922. The molecule has 0 aliphatic heterocycles. The zero-order valence-corrected chi connectivity index (χ0v) is 9.73. The van der Waals surface area contributed by atoms with Gasteiger partial charge in [0.15, 0.2) is 0 Å². The van der Waals surface area contributed by atoms with Crippen LogP contribution in [0.15, 0.2) is 36.4 Å². The molecule has 90 valence electrons. The van der Waals surface area contributed by atoms with Gasteiger partial charge in [0.05, 0.1) is 12.7 Å². The molecule has 2 aromatic carbocycles. The zero-order valence-electron chi connectivity index (χ0n) is 9.73. The van der Waals surface area contributed by atoms with E-state index in [1.807, 2.05) is 18.2 Å². The number of fused-ring (bicyclic) bond motifs is 3. The van der Waals surface area contributed by atoms with Crippen molar-refractivity contribution in [1.29, 1.82) is 0 Å². The summed E-state index contributed by atoms with van der Waals surface area (Å²) in [7, 11) is 1.61. The SMILES string of the molecule is COc1ccc2[nH]c3ccc(C(=O)O)cc3c2c1. The number of aromatic carboxylic acids is 1. The van der Waals surface area contributed by atoms with E-state index in [2.05, 4.69) is 4.98 Å². The van der Waals surface area contributed by atoms with E-state index in [0.717, 1.165) is 27.6 Å². The standard InChI is InChI=1S/C14H11NO3/c1-18-9-3-5-13-11(7-9)10-6-8(14(16)17)2-4-12(10)15-13/h2-7,15H,1H3,(H,16,17). The number of aromatic nitrogens is 1. The molecule has 1 aromatic heterocycles. The molecule has 3 rings (SSSR count). The number of ether oxygens (including phenoxy) is 1. The molecular weight excluding hydrogens is 230 g/mol. The van der Waals surface area contributed by atoms with Crippen molar-refractivity contribution in [2.45, 2.75) is 0 Å². The quantitative estimate of drug-likeness (QED) is 0.724. The van der Waals surface area contributed by atoms with Crippen LogP contribution in [0.3, 0.4) is 0 Å². The Morgan fingerprint density at radius 1 is 1.11 bits per heavy atom. The van der Waals surface area contributed by atoms with Crippen molar-refractivity contribution in [2.24, 2.45) is 0 Å². The fourth-order valence-electron chi connectivity index (χ4n) is 2.14. The first-order valence-electron chi connectivity index (χ1n) is 5.52. The van der Waals surface area contributed by atoms with E-state index in [0.29, 0.717) is 0 Å². The molecule has 0 aliphatic carbocycles. The maximum Gasteiger partial charge on any atom is 0.335 e. The van der Waals surface area contributed by atoms with Gasteiger partial charge < -0.3 is 14.8 Å². The van der Waals surface area contributed by atoms with Crippen molar-refractivity contribution in [1.82, 2.24) is 4.98 Å². The van der Waals surface area contributed by atoms with Crippen molar-refractivity contribution in [3.05, 3.63) is 42.0 Å². The third kappa shape index (κ3) is 1.50. The van der Waals surface area contributed by atoms with E-state index in [-0.39, 0.29) is 5.56 Å². The number of rotatable bonds is 2. The minimum absolute atomic E-state index is 0.284. The molecule has 3 aromatic rings. The largest absolute Gasteiger partial charge is 0.497 e. The average Bonchev–Trinajstić information content (AvgIpc) is 2.75. The van der Waals surface area contributed by atoms with Crippen molar-refractivity contribution >= 4 is 27.8 Å². The predicted molar refractivity (Wildman–Crippen MR) is 69.3 cm³/mol. The van der Waals surface area contributed by atoms with E-state index in [1.54, 1.807) is 25.3 Å². The van der Waals surface area contributed by atoms with Gasteiger partial charge in [-0.15, -0.1) is 0 Å². The molecular formula is C14H11NO3. The Kier molecular flexibility index (Phi) is 2.23. The molecule has 0 spiro atoms. The highest BCUT2D eigenvalue weighted by Gasteiger charge is 2.09. The van der Waals surface area contributed by atoms with E-state index < -0.39 is 5.97 Å². The molecule has 0 saturated carbocycles. The van der Waals surface area contributed by atoms with Gasteiger partial charge in [-0.1, -0.05) is 0 Å². The van der Waals surface area contributed by atoms with Crippen LogP contribution in [0.4, 0.5) is 0 Å². The number of hydrogen-bond acceptors (Lipinski definition) is 2. The lowest BCUT2D eigenvalue weighted by atomic mass is 10.1. The Bertz CT molecular complexity index is 758. The molecule has 0 bridgehead atoms. The molecule has 0 unspecified atom stereocenters. The van der Waals surface area contributed by atoms with E-state index in [1.165, 1.54) is 0 Å². The lowest BCUT2D eigenvalue weighted by Gasteiger charge is -1.99. The summed E-state index contributed by atoms with van der Waals surface area (Å²) in [5.74, 6) is -0.168. The summed E-state index contributed by atoms with van der Waals surface area (Å²) in [6.07, 6.45) is 0. The van der Waals surface area contributed by atoms with E-state index >= 15 is 0 Å². The first-order chi connectivity index (χ1) is 8.69. The Hall–Kier alpha value is -2.49. The number of carboxylic acids is 1. The minimum Gasteiger partial charge on any atom is -0.497 e. The summed E-state index contributed by atoms with van der Waals surface area (Å²) < 4.78 is 5.19. The molecule has 0 amide bonds. The Balaban J connectivity index is 2.37. The monoisotopic (exact) mass is 241 g/mol. The number of carboxylic acid groups (broad SMARTS) is 1. The van der Waals surface area contributed by atoms with Crippen LogP contribution in [-0.2, 0) is 0 Å². The zero-order chi connectivity index (χ0) is 12.7. The fraction of sp³-hybridized carbons (Fsp3) is 0.0714. The van der Waals surface area contributed by atoms with Gasteiger partial charge in [-0.05, 0) is 36.4 Å². The van der Waals surface area contributed by atoms with Crippen LogP contribution < -0.4 is 4.74 Å². The van der Waals surface area contributed by atoms with Gasteiger partial charge in [0, 0.05) is 21.8 Å². The predicted octanol–water partition coefficient (Wildman–Crippen LogP) is 3.03. The van der Waals surface area contributed by atoms with Gasteiger partial charge in [-0.2, -0.15) is 0 Å². The van der Waals surface area contributed by atoms with E-state index in [4.69, 9.17) is 9.84 Å². The number of H-pyrrole nitrogens is 1. The maximum atomic E-state index is 11.0. The summed E-state index contributed by atoms with van der Waals surface area (Å²) in [4.78, 5) is 14.2. The van der Waals surface area contributed by atoms with Crippen LogP contribution in [0.1, 0.15) is 10.4 Å². The number of benzene rings is 2. The second kappa shape index (κ2) is 3.77. The maximum absolute atomic E-state index is 11.0. The second-order valence-electron chi connectivity index (χ2n) is 4.10. The summed E-state index contributed by atoms with van der Waals surface area (Å²) in [5, 5.41) is 10.9. The molecule has 0 saturated heterocycles. The van der Waals surface area contributed by atoms with Gasteiger partial charge in [0.2, 0.25) is 0 Å². The second-order valence-corrected chi connectivity index (χ2v) is 4.10. The molecule has 0 fully saturated rings. The number of carbonyl (C=O) groups is 1. The van der Waals surface area contributed by atoms with Crippen LogP contribution in [-0.4, -0.2) is 23.2 Å². The molecule has 18 heavy (non-hydrogen) atoms. The summed E-state index contributed by atoms with van der Waals surface area (Å²) in [6.45, 7) is 0. The highest BCUT2D eigenvalue weighted by atomic mass is 16.5. The van der Waals surface area contributed by atoms with Gasteiger partial charge >= 0.3 is 5.97 Å². The molecule has 4 nitrogen and oxygen atoms in total. The third-order valence-electron chi connectivity index (χ3n) is 3.05. The normalized spacial score (nSPS) is 10.9. The molecule has 4 heteroatoms. The number of methoxy groups -OCH3 is 1. The first-order valence-corrected chi connectivity index (χ1v) is 5.52. The Morgan fingerprint density at radius 2 is 1.78 bits per heavy atom. The molecule has 0 radical (unpaired) electrons. The number of aromatic amines is 1. The fourth-order valence-corrected chi connectivity index (χ4v) is 2.14. The molecule has 0 aliphatic rings. The topological polar surface area (TPSA) is 62.3 Å². The third-order valence-corrected chi connectivity index (χ3v) is 3.05. The summed E-state index contributed by atoms with van der Waals surface area (Å²) >= 11 is 0. The Labute approximate surface area is 103 Å². The van der Waals surface area contributed by atoms with Crippen molar-refractivity contribution in [3.63, 3.8) is 0 Å². The smallest absolute Gasteiger partial charge is 0.335 e. The van der Waals surface area contributed by atoms with Crippen LogP contribution in [0.5, 0.6) is 5.75 Å². The molecule has 2 N–H and O–H groups in total. The van der Waals surface area contributed by atoms with Gasteiger partial charge in [-0.3, -0.25) is 0 Å².